The number of methoxy groups -OCH3 is 1. The molecule has 0 aliphatic carbocycles. The highest BCUT2D eigenvalue weighted by atomic mass is 16.5. The SMILES string of the molecule is COC(=O)CCc1nc2c([nH]1)c(=O)[nH]c(=O)n2C. The molecule has 2 N–H and O–H groups in total. The first kappa shape index (κ1) is 12.1. The van der Waals surface area contributed by atoms with Crippen molar-refractivity contribution in [1.29, 1.82) is 0 Å². The number of ether oxygens (including phenoxy) is 1. The van der Waals surface area contributed by atoms with Crippen LogP contribution in [-0.4, -0.2) is 32.6 Å². The molecule has 0 aromatic carbocycles. The first-order valence-corrected chi connectivity index (χ1v) is 5.27. The van der Waals surface area contributed by atoms with Crippen molar-refractivity contribution in [3.63, 3.8) is 0 Å². The molecule has 8 heteroatoms. The number of H-pyrrole nitrogens is 2. The zero-order valence-corrected chi connectivity index (χ0v) is 9.94. The Morgan fingerprint density at radius 2 is 2.11 bits per heavy atom. The van der Waals surface area contributed by atoms with Crippen LogP contribution in [0.1, 0.15) is 12.2 Å². The number of nitrogens with one attached hydrogen (secondary N) is 2. The molecule has 2 rings (SSSR count). The van der Waals surface area contributed by atoms with Gasteiger partial charge in [-0.2, -0.15) is 0 Å². The van der Waals surface area contributed by atoms with Crippen molar-refractivity contribution >= 4 is 17.1 Å². The van der Waals surface area contributed by atoms with Crippen LogP contribution in [0, 0.1) is 0 Å². The van der Waals surface area contributed by atoms with Crippen LogP contribution < -0.4 is 11.2 Å². The molecular formula is C10H12N4O4. The van der Waals surface area contributed by atoms with Crippen molar-refractivity contribution in [3.8, 4) is 0 Å². The third-order valence-electron chi connectivity index (χ3n) is 2.60. The van der Waals surface area contributed by atoms with Crippen LogP contribution in [0.2, 0.25) is 0 Å². The summed E-state index contributed by atoms with van der Waals surface area (Å²) in [4.78, 5) is 43.0. The topological polar surface area (TPSA) is 110 Å². The van der Waals surface area contributed by atoms with E-state index in [0.29, 0.717) is 12.2 Å². The highest BCUT2D eigenvalue weighted by Gasteiger charge is 2.11. The van der Waals surface area contributed by atoms with Gasteiger partial charge < -0.3 is 9.72 Å². The first-order valence-electron chi connectivity index (χ1n) is 5.27. The van der Waals surface area contributed by atoms with Crippen LogP contribution in [0.15, 0.2) is 9.59 Å². The molecule has 0 fully saturated rings. The second-order valence-corrected chi connectivity index (χ2v) is 3.78. The van der Waals surface area contributed by atoms with E-state index in [0.717, 1.165) is 0 Å². The summed E-state index contributed by atoms with van der Waals surface area (Å²) in [5.41, 5.74) is -0.566. The monoisotopic (exact) mass is 252 g/mol. The van der Waals surface area contributed by atoms with Gasteiger partial charge in [-0.15, -0.1) is 0 Å². The molecule has 2 heterocycles. The first-order chi connectivity index (χ1) is 8.52. The van der Waals surface area contributed by atoms with Crippen molar-refractivity contribution < 1.29 is 9.53 Å². The third-order valence-corrected chi connectivity index (χ3v) is 2.60. The Morgan fingerprint density at radius 3 is 2.78 bits per heavy atom. The highest BCUT2D eigenvalue weighted by molar-refractivity contribution is 5.71. The minimum Gasteiger partial charge on any atom is -0.469 e. The molecule has 18 heavy (non-hydrogen) atoms. The number of carbonyl (C=O) groups excluding carboxylic acids is 1. The minimum absolute atomic E-state index is 0.155. The third kappa shape index (κ3) is 2.04. The molecule has 0 amide bonds. The Kier molecular flexibility index (Phi) is 3.00. The number of aromatic amines is 2. The van der Waals surface area contributed by atoms with E-state index in [1.54, 1.807) is 0 Å². The molecule has 0 atom stereocenters. The summed E-state index contributed by atoms with van der Waals surface area (Å²) in [5.74, 6) is 0.0976. The summed E-state index contributed by atoms with van der Waals surface area (Å²) in [6, 6.07) is 0. The Hall–Kier alpha value is -2.38. The average molecular weight is 252 g/mol. The van der Waals surface area contributed by atoms with Gasteiger partial charge >= 0.3 is 11.7 Å². The van der Waals surface area contributed by atoms with Crippen LogP contribution in [-0.2, 0) is 23.0 Å². The van der Waals surface area contributed by atoms with Gasteiger partial charge in [-0.1, -0.05) is 0 Å². The second kappa shape index (κ2) is 4.47. The predicted molar refractivity (Wildman–Crippen MR) is 62.3 cm³/mol. The van der Waals surface area contributed by atoms with E-state index in [-0.39, 0.29) is 23.6 Å². The van der Waals surface area contributed by atoms with Crippen molar-refractivity contribution in [2.75, 3.05) is 7.11 Å². The summed E-state index contributed by atoms with van der Waals surface area (Å²) in [6.07, 6.45) is 0.469. The van der Waals surface area contributed by atoms with Crippen molar-refractivity contribution in [3.05, 3.63) is 26.7 Å². The summed E-state index contributed by atoms with van der Waals surface area (Å²) in [5, 5.41) is 0. The fraction of sp³-hybridized carbons (Fsp3) is 0.400. The number of hydrogen-bond donors (Lipinski definition) is 2. The molecule has 0 radical (unpaired) electrons. The van der Waals surface area contributed by atoms with Gasteiger partial charge in [-0.25, -0.2) is 9.78 Å². The van der Waals surface area contributed by atoms with Gasteiger partial charge in [0.1, 0.15) is 11.3 Å². The maximum atomic E-state index is 11.5. The molecule has 0 aliphatic heterocycles. The lowest BCUT2D eigenvalue weighted by Gasteiger charge is -1.95. The van der Waals surface area contributed by atoms with Gasteiger partial charge in [0, 0.05) is 13.5 Å². The molecular weight excluding hydrogens is 240 g/mol. The van der Waals surface area contributed by atoms with Gasteiger partial charge in [-0.05, 0) is 0 Å². The van der Waals surface area contributed by atoms with E-state index in [1.807, 2.05) is 0 Å². The number of nitrogens with zero attached hydrogens (tertiary/aromatic N) is 2. The van der Waals surface area contributed by atoms with Crippen LogP contribution >= 0.6 is 0 Å². The van der Waals surface area contributed by atoms with Gasteiger partial charge in [-0.3, -0.25) is 19.1 Å². The predicted octanol–water partition coefficient (Wildman–Crippen LogP) is -0.945. The maximum Gasteiger partial charge on any atom is 0.329 e. The average Bonchev–Trinajstić information content (AvgIpc) is 2.78. The van der Waals surface area contributed by atoms with Gasteiger partial charge in [0.2, 0.25) is 0 Å². The normalized spacial score (nSPS) is 10.8. The van der Waals surface area contributed by atoms with E-state index in [4.69, 9.17) is 0 Å². The zero-order chi connectivity index (χ0) is 13.3. The number of aryl methyl sites for hydroxylation is 2. The van der Waals surface area contributed by atoms with E-state index in [9.17, 15) is 14.4 Å². The maximum absolute atomic E-state index is 11.5. The summed E-state index contributed by atoms with van der Waals surface area (Å²) in [6.45, 7) is 0. The number of imidazole rings is 1. The van der Waals surface area contributed by atoms with Crippen molar-refractivity contribution in [2.45, 2.75) is 12.8 Å². The summed E-state index contributed by atoms with van der Waals surface area (Å²) >= 11 is 0. The molecule has 0 bridgehead atoms. The van der Waals surface area contributed by atoms with Gasteiger partial charge in [0.15, 0.2) is 5.65 Å². The largest absolute Gasteiger partial charge is 0.469 e. The van der Waals surface area contributed by atoms with Gasteiger partial charge in [0.25, 0.3) is 5.56 Å². The van der Waals surface area contributed by atoms with E-state index in [2.05, 4.69) is 19.7 Å². The van der Waals surface area contributed by atoms with Crippen LogP contribution in [0.3, 0.4) is 0 Å². The van der Waals surface area contributed by atoms with Crippen molar-refractivity contribution in [2.24, 2.45) is 7.05 Å². The van der Waals surface area contributed by atoms with E-state index in [1.165, 1.54) is 18.7 Å². The summed E-state index contributed by atoms with van der Waals surface area (Å²) < 4.78 is 5.74. The number of fused-ring (bicyclic) bond motifs is 1. The lowest BCUT2D eigenvalue weighted by atomic mass is 10.3. The number of aromatic nitrogens is 4. The molecule has 0 spiro atoms. The number of hydrogen-bond acceptors (Lipinski definition) is 5. The lowest BCUT2D eigenvalue weighted by Crippen LogP contribution is -2.28. The van der Waals surface area contributed by atoms with E-state index >= 15 is 0 Å². The Bertz CT molecular complexity index is 709. The highest BCUT2D eigenvalue weighted by Crippen LogP contribution is 2.05. The minimum atomic E-state index is -0.529. The molecule has 2 aromatic heterocycles. The lowest BCUT2D eigenvalue weighted by molar-refractivity contribution is -0.140. The zero-order valence-electron chi connectivity index (χ0n) is 9.94. The molecule has 2 aromatic rings. The second-order valence-electron chi connectivity index (χ2n) is 3.78. The Labute approximate surface area is 101 Å². The van der Waals surface area contributed by atoms with Gasteiger partial charge in [0.05, 0.1) is 13.5 Å². The molecule has 8 nitrogen and oxygen atoms in total. The molecule has 0 saturated heterocycles. The smallest absolute Gasteiger partial charge is 0.329 e. The molecule has 0 unspecified atom stereocenters. The van der Waals surface area contributed by atoms with Crippen LogP contribution in [0.25, 0.3) is 11.2 Å². The standard InChI is InChI=1S/C10H12N4O4/c1-14-8-7(9(16)13-10(14)17)11-5(12-8)3-4-6(15)18-2/h3-4H2,1-2H3,(H,11,12)(H,13,16,17). The van der Waals surface area contributed by atoms with Crippen molar-refractivity contribution in [1.82, 2.24) is 19.5 Å². The summed E-state index contributed by atoms with van der Waals surface area (Å²) in [7, 11) is 2.81. The number of esters is 1. The molecule has 0 aliphatic rings. The molecule has 0 saturated carbocycles. The van der Waals surface area contributed by atoms with Crippen LogP contribution in [0.5, 0.6) is 0 Å². The Morgan fingerprint density at radius 1 is 1.39 bits per heavy atom. The Balaban J connectivity index is 2.42. The fourth-order valence-electron chi connectivity index (χ4n) is 1.59. The number of carbonyl (C=O) groups is 1. The number of rotatable bonds is 3. The molecule has 96 valence electrons. The fourth-order valence-corrected chi connectivity index (χ4v) is 1.59. The van der Waals surface area contributed by atoms with E-state index < -0.39 is 11.2 Å². The van der Waals surface area contributed by atoms with Crippen LogP contribution in [0.4, 0.5) is 0 Å². The quantitative estimate of drug-likeness (QED) is 0.685.